The first kappa shape index (κ1) is 33.1. The van der Waals surface area contributed by atoms with Gasteiger partial charge in [0.1, 0.15) is 0 Å². The Morgan fingerprint density at radius 3 is 1.07 bits per heavy atom. The molecule has 0 fully saturated rings. The summed E-state index contributed by atoms with van der Waals surface area (Å²) in [5.41, 5.74) is 5.38. The molecule has 10 aromatic rings. The Hall–Kier alpha value is -7.28. The Morgan fingerprint density at radius 2 is 0.684 bits per heavy atom. The molecular weight excluding hydrogens is 711 g/mol. The first-order chi connectivity index (χ1) is 28.3. The van der Waals surface area contributed by atoms with E-state index in [0.717, 1.165) is 39.5 Å². The van der Waals surface area contributed by atoms with Crippen LogP contribution in [0.2, 0.25) is 0 Å². The maximum atomic E-state index is 5.54. The van der Waals surface area contributed by atoms with Gasteiger partial charge in [-0.3, -0.25) is 14.5 Å². The third-order valence-corrected chi connectivity index (χ3v) is 16.3. The summed E-state index contributed by atoms with van der Waals surface area (Å²) in [6.45, 7) is 0. The molecule has 57 heavy (non-hydrogen) atoms. The first-order valence-electron chi connectivity index (χ1n) is 19.5. The summed E-state index contributed by atoms with van der Waals surface area (Å²) in [5, 5.41) is 13.8. The average Bonchev–Trinajstić information content (AvgIpc) is 3.81. The van der Waals surface area contributed by atoms with Gasteiger partial charge in [-0.25, -0.2) is 9.98 Å². The van der Waals surface area contributed by atoms with Crippen LogP contribution < -0.4 is 26.1 Å². The smallest absolute Gasteiger partial charge is 0.212 e. The van der Waals surface area contributed by atoms with Crippen molar-refractivity contribution < 1.29 is 0 Å². The highest BCUT2D eigenvalue weighted by atomic mass is 28.3. The van der Waals surface area contributed by atoms with Gasteiger partial charge in [-0.15, -0.1) is 0 Å². The number of aliphatic imine (C=N–C) groups is 2. The standard InChI is InChI=1S/C51H37N5Si/c1-4-20-37(21-5-1)57(38-22-6-2-7-23-38,39-24-8-3-9-25-39)40-26-18-19-36(35-40)49-52-50(55-45-31-14-10-27-41(45)42-28-11-15-32-46(42)55)54-51(53-49)56-47-33-16-12-29-43(47)44-30-13-17-34-48(44)56/h1-35,49H,(H,52,53,54)/q-1. The Kier molecular flexibility index (Phi) is 7.82. The normalized spacial score (nSPS) is 13.5. The minimum Gasteiger partial charge on any atom is -0.295 e. The summed E-state index contributed by atoms with van der Waals surface area (Å²) in [5.74, 6) is 1.46. The van der Waals surface area contributed by atoms with Gasteiger partial charge >= 0.3 is 0 Å². The van der Waals surface area contributed by atoms with Crippen LogP contribution in [0.15, 0.2) is 222 Å². The highest BCUT2D eigenvalue weighted by Gasteiger charge is 2.30. The Labute approximate surface area is 331 Å². The molecule has 1 aliphatic rings. The van der Waals surface area contributed by atoms with Gasteiger partial charge in [-0.1, -0.05) is 188 Å². The van der Waals surface area contributed by atoms with Crippen LogP contribution in [-0.4, -0.2) is 29.1 Å². The van der Waals surface area contributed by atoms with E-state index in [0.29, 0.717) is 0 Å². The Balaban J connectivity index is 1.18. The number of aromatic nitrogens is 2. The Morgan fingerprint density at radius 1 is 0.351 bits per heavy atom. The van der Waals surface area contributed by atoms with Crippen molar-refractivity contribution in [3.8, 4) is 0 Å². The van der Waals surface area contributed by atoms with E-state index in [2.05, 4.69) is 227 Å². The average molecular weight is 748 g/mol. The van der Waals surface area contributed by atoms with Crippen molar-refractivity contribution in [3.05, 3.63) is 218 Å². The number of rotatable bonds is 5. The highest BCUT2D eigenvalue weighted by Crippen LogP contribution is 2.33. The van der Waals surface area contributed by atoms with Gasteiger partial charge in [-0.2, -0.15) is 20.7 Å². The van der Waals surface area contributed by atoms with Gasteiger partial charge in [0.25, 0.3) is 0 Å². The molecule has 3 heterocycles. The minimum absolute atomic E-state index is 0.537. The summed E-state index contributed by atoms with van der Waals surface area (Å²) >= 11 is 0. The van der Waals surface area contributed by atoms with Crippen molar-refractivity contribution in [2.24, 2.45) is 9.98 Å². The van der Waals surface area contributed by atoms with E-state index in [1.165, 1.54) is 42.3 Å². The van der Waals surface area contributed by atoms with E-state index in [-0.39, 0.29) is 0 Å². The molecule has 11 rings (SSSR count). The number of hydrogen-bond acceptors (Lipinski definition) is 3. The molecule has 0 amide bonds. The van der Waals surface area contributed by atoms with Crippen molar-refractivity contribution in [2.45, 2.75) is 6.17 Å². The lowest BCUT2D eigenvalue weighted by molar-refractivity contribution is 0.735. The van der Waals surface area contributed by atoms with Crippen molar-refractivity contribution in [1.29, 1.82) is 0 Å². The molecule has 0 saturated carbocycles. The summed E-state index contributed by atoms with van der Waals surface area (Å²) < 4.78 is 4.53. The molecule has 0 spiro atoms. The van der Waals surface area contributed by atoms with Crippen LogP contribution in [0.1, 0.15) is 11.7 Å². The number of nitrogens with one attached hydrogen (secondary N) is 1. The van der Waals surface area contributed by atoms with Crippen LogP contribution in [0, 0.1) is 0 Å². The lowest BCUT2D eigenvalue weighted by Gasteiger charge is -2.47. The van der Waals surface area contributed by atoms with Crippen LogP contribution in [0.4, 0.5) is 0 Å². The molecule has 5 nitrogen and oxygen atoms in total. The second kappa shape index (κ2) is 13.5. The molecule has 0 atom stereocenters. The quantitative estimate of drug-likeness (QED) is 0.139. The first-order valence-corrected chi connectivity index (χ1v) is 21.5. The Bertz CT molecular complexity index is 2830. The van der Waals surface area contributed by atoms with Crippen molar-refractivity contribution in [1.82, 2.24) is 14.5 Å². The molecule has 271 valence electrons. The molecule has 0 aliphatic carbocycles. The molecule has 0 unspecified atom stereocenters. The summed E-state index contributed by atoms with van der Waals surface area (Å²) in [4.78, 5) is 11.1. The summed E-state index contributed by atoms with van der Waals surface area (Å²) in [6, 6.07) is 76.6. The SMILES string of the molecule is c1ccc([Si-](c2ccccc2)(c2ccccc2)c2cccc(C3N=C(n4c5ccccc5c5ccccc54)NC(n4c5ccccc5c5ccccc54)=N3)c2)cc1. The van der Waals surface area contributed by atoms with Crippen molar-refractivity contribution in [2.75, 3.05) is 0 Å². The number of hydrogen-bond donors (Lipinski definition) is 1. The second-order valence-corrected chi connectivity index (χ2v) is 18.4. The number of fused-ring (bicyclic) bond motifs is 6. The number of benzene rings is 8. The third-order valence-electron chi connectivity index (χ3n) is 11.5. The van der Waals surface area contributed by atoms with Gasteiger partial charge in [0.2, 0.25) is 11.9 Å². The van der Waals surface area contributed by atoms with Gasteiger partial charge in [0, 0.05) is 21.5 Å². The number of nitrogens with zero attached hydrogens (tertiary/aromatic N) is 4. The molecule has 6 heteroatoms. The van der Waals surface area contributed by atoms with Crippen molar-refractivity contribution in [3.63, 3.8) is 0 Å². The molecule has 1 N–H and O–H groups in total. The summed E-state index contributed by atoms with van der Waals surface area (Å²) in [7, 11) is -2.80. The maximum Gasteiger partial charge on any atom is 0.212 e. The largest absolute Gasteiger partial charge is 0.295 e. The predicted molar refractivity (Wildman–Crippen MR) is 240 cm³/mol. The zero-order chi connectivity index (χ0) is 37.8. The molecule has 0 saturated heterocycles. The van der Waals surface area contributed by atoms with Crippen LogP contribution in [0.3, 0.4) is 0 Å². The fourth-order valence-electron chi connectivity index (χ4n) is 9.10. The van der Waals surface area contributed by atoms with Gasteiger partial charge in [0.05, 0.1) is 22.1 Å². The lowest BCUT2D eigenvalue weighted by atomic mass is 10.2. The number of para-hydroxylation sites is 4. The highest BCUT2D eigenvalue weighted by molar-refractivity contribution is 7.19. The lowest BCUT2D eigenvalue weighted by Crippen LogP contribution is -2.74. The molecule has 8 aromatic carbocycles. The predicted octanol–water partition coefficient (Wildman–Crippen LogP) is 8.69. The van der Waals surface area contributed by atoms with Crippen molar-refractivity contribution >= 4 is 84.4 Å². The monoisotopic (exact) mass is 747 g/mol. The van der Waals surface area contributed by atoms with Crippen LogP contribution in [0.5, 0.6) is 0 Å². The van der Waals surface area contributed by atoms with E-state index in [9.17, 15) is 0 Å². The van der Waals surface area contributed by atoms with E-state index in [1.807, 2.05) is 0 Å². The second-order valence-electron chi connectivity index (χ2n) is 14.6. The zero-order valence-electron chi connectivity index (χ0n) is 31.1. The van der Waals surface area contributed by atoms with Crippen LogP contribution in [-0.2, 0) is 0 Å². The van der Waals surface area contributed by atoms with E-state index < -0.39 is 14.2 Å². The van der Waals surface area contributed by atoms with Crippen LogP contribution in [0.25, 0.3) is 43.6 Å². The van der Waals surface area contributed by atoms with Crippen LogP contribution >= 0.6 is 0 Å². The maximum absolute atomic E-state index is 5.54. The van der Waals surface area contributed by atoms with Gasteiger partial charge < -0.3 is 0 Å². The van der Waals surface area contributed by atoms with E-state index in [1.54, 1.807) is 0 Å². The molecule has 0 radical (unpaired) electrons. The molecule has 2 aromatic heterocycles. The minimum atomic E-state index is -2.80. The third kappa shape index (κ3) is 5.22. The molecular formula is C51H37N5Si-. The summed E-state index contributed by atoms with van der Waals surface area (Å²) in [6.07, 6.45) is -0.537. The van der Waals surface area contributed by atoms with E-state index in [4.69, 9.17) is 9.98 Å². The molecule has 0 bridgehead atoms. The zero-order valence-corrected chi connectivity index (χ0v) is 32.1. The topological polar surface area (TPSA) is 46.6 Å². The fourth-order valence-corrected chi connectivity index (χ4v) is 13.9. The van der Waals surface area contributed by atoms with Gasteiger partial charge in [0.15, 0.2) is 6.17 Å². The molecule has 1 aliphatic heterocycles. The van der Waals surface area contributed by atoms with E-state index >= 15 is 0 Å². The fraction of sp³-hybridized carbons (Fsp3) is 0.0196. The van der Waals surface area contributed by atoms with Gasteiger partial charge in [-0.05, 0) is 37.9 Å².